The molecular weight excluding hydrogens is 508 g/mol. The molecule has 2 N–H and O–H groups in total. The normalized spacial score (nSPS) is 12.9. The van der Waals surface area contributed by atoms with E-state index in [0.717, 1.165) is 37.9 Å². The number of anilines is 1. The molecule has 0 spiro atoms. The molecule has 0 fully saturated rings. The van der Waals surface area contributed by atoms with Gasteiger partial charge in [-0.2, -0.15) is 0 Å². The van der Waals surface area contributed by atoms with Gasteiger partial charge in [0.1, 0.15) is 0 Å². The van der Waals surface area contributed by atoms with Crippen molar-refractivity contribution >= 4 is 28.1 Å². The fourth-order valence-electron chi connectivity index (χ4n) is 5.66. The van der Waals surface area contributed by atoms with E-state index >= 15 is 0 Å². The molecular formula is C40H54N2. The maximum atomic E-state index is 4.62. The van der Waals surface area contributed by atoms with Gasteiger partial charge in [0.05, 0.1) is 0 Å². The summed E-state index contributed by atoms with van der Waals surface area (Å²) in [6.07, 6.45) is 16.7. The van der Waals surface area contributed by atoms with Crippen LogP contribution in [0.3, 0.4) is 0 Å². The minimum atomic E-state index is -0.253. The second-order valence-electron chi connectivity index (χ2n) is 12.6. The first-order chi connectivity index (χ1) is 20.2. The van der Waals surface area contributed by atoms with Crippen molar-refractivity contribution in [1.82, 2.24) is 5.32 Å². The molecule has 0 amide bonds. The summed E-state index contributed by atoms with van der Waals surface area (Å²) < 4.78 is 0. The molecule has 0 aliphatic carbocycles. The second kappa shape index (κ2) is 15.6. The first-order valence-electron chi connectivity index (χ1n) is 16.0. The lowest BCUT2D eigenvalue weighted by atomic mass is 9.76. The minimum Gasteiger partial charge on any atom is -0.388 e. The van der Waals surface area contributed by atoms with Crippen molar-refractivity contribution in [3.63, 3.8) is 0 Å². The average molecular weight is 563 g/mol. The molecule has 0 aliphatic heterocycles. The van der Waals surface area contributed by atoms with E-state index in [1.54, 1.807) is 0 Å². The van der Waals surface area contributed by atoms with E-state index in [1.165, 1.54) is 51.7 Å². The Labute approximate surface area is 256 Å². The van der Waals surface area contributed by atoms with E-state index in [1.807, 2.05) is 0 Å². The van der Waals surface area contributed by atoms with Crippen LogP contribution in [-0.4, -0.2) is 13.1 Å². The van der Waals surface area contributed by atoms with Crippen LogP contribution in [0.1, 0.15) is 97.3 Å². The Bertz CT molecular complexity index is 1400. The van der Waals surface area contributed by atoms with Gasteiger partial charge in [-0.3, -0.25) is 0 Å². The smallest absolute Gasteiger partial charge is 0.0384 e. The summed E-state index contributed by atoms with van der Waals surface area (Å²) in [4.78, 5) is 0. The number of nitrogens with one attached hydrogen (secondary N) is 2. The predicted octanol–water partition coefficient (Wildman–Crippen LogP) is 11.3. The Kier molecular flexibility index (Phi) is 12.3. The lowest BCUT2D eigenvalue weighted by Gasteiger charge is -2.32. The van der Waals surface area contributed by atoms with Crippen LogP contribution in [0.2, 0.25) is 0 Å². The SMILES string of the molecule is C=C(c1ccccc1/C=C\C)C(C)(C)/C(=C\C=C\CC(C)(C)c1c(NCCCC)ccc2ccccc12)NCCCC. The maximum Gasteiger partial charge on any atom is 0.0384 e. The van der Waals surface area contributed by atoms with Crippen molar-refractivity contribution in [2.45, 2.75) is 86.0 Å². The van der Waals surface area contributed by atoms with Crippen molar-refractivity contribution in [3.05, 3.63) is 114 Å². The van der Waals surface area contributed by atoms with Gasteiger partial charge in [0.25, 0.3) is 0 Å². The Balaban J connectivity index is 1.93. The highest BCUT2D eigenvalue weighted by Gasteiger charge is 2.29. The van der Waals surface area contributed by atoms with E-state index in [0.29, 0.717) is 0 Å². The van der Waals surface area contributed by atoms with Crippen molar-refractivity contribution in [2.24, 2.45) is 5.41 Å². The summed E-state index contributed by atoms with van der Waals surface area (Å²) in [7, 11) is 0. The van der Waals surface area contributed by atoms with E-state index < -0.39 is 0 Å². The number of unbranched alkanes of at least 4 members (excludes halogenated alkanes) is 2. The fraction of sp³-hybridized carbons (Fsp3) is 0.400. The zero-order valence-electron chi connectivity index (χ0n) is 27.3. The van der Waals surface area contributed by atoms with Crippen LogP contribution in [-0.2, 0) is 5.41 Å². The highest BCUT2D eigenvalue weighted by molar-refractivity contribution is 5.91. The van der Waals surface area contributed by atoms with Crippen molar-refractivity contribution in [2.75, 3.05) is 18.4 Å². The molecule has 3 aromatic carbocycles. The van der Waals surface area contributed by atoms with Crippen LogP contribution in [0.4, 0.5) is 5.69 Å². The van der Waals surface area contributed by atoms with Crippen LogP contribution in [0.25, 0.3) is 22.4 Å². The second-order valence-corrected chi connectivity index (χ2v) is 12.6. The Morgan fingerprint density at radius 1 is 0.857 bits per heavy atom. The van der Waals surface area contributed by atoms with Gasteiger partial charge in [-0.25, -0.2) is 0 Å². The van der Waals surface area contributed by atoms with Crippen molar-refractivity contribution < 1.29 is 0 Å². The zero-order valence-corrected chi connectivity index (χ0v) is 27.3. The molecule has 0 heterocycles. The number of hydrogen-bond acceptors (Lipinski definition) is 2. The van der Waals surface area contributed by atoms with Crippen LogP contribution >= 0.6 is 0 Å². The number of allylic oxidation sites excluding steroid dienone is 5. The summed E-state index contributed by atoms with van der Waals surface area (Å²) in [5, 5.41) is 10.2. The topological polar surface area (TPSA) is 24.1 Å². The van der Waals surface area contributed by atoms with Crippen molar-refractivity contribution in [3.8, 4) is 0 Å². The summed E-state index contributed by atoms with van der Waals surface area (Å²) in [6, 6.07) is 21.9. The van der Waals surface area contributed by atoms with Gasteiger partial charge in [-0.15, -0.1) is 0 Å². The van der Waals surface area contributed by atoms with Gasteiger partial charge < -0.3 is 10.6 Å². The Hall–Kier alpha value is -3.52. The van der Waals surface area contributed by atoms with Crippen LogP contribution in [0.15, 0.2) is 97.2 Å². The number of hydrogen-bond donors (Lipinski definition) is 2. The zero-order chi connectivity index (χ0) is 30.6. The third kappa shape index (κ3) is 8.28. The third-order valence-electron chi connectivity index (χ3n) is 8.38. The lowest BCUT2D eigenvalue weighted by molar-refractivity contribution is 0.531. The number of benzene rings is 3. The molecule has 2 heteroatoms. The molecule has 0 atom stereocenters. The highest BCUT2D eigenvalue weighted by Crippen LogP contribution is 2.41. The Morgan fingerprint density at radius 2 is 1.55 bits per heavy atom. The van der Waals surface area contributed by atoms with Gasteiger partial charge in [-0.05, 0) is 76.8 Å². The molecule has 42 heavy (non-hydrogen) atoms. The molecule has 3 rings (SSSR count). The van der Waals surface area contributed by atoms with Crippen LogP contribution < -0.4 is 10.6 Å². The van der Waals surface area contributed by atoms with E-state index in [-0.39, 0.29) is 10.8 Å². The lowest BCUT2D eigenvalue weighted by Crippen LogP contribution is -2.28. The Morgan fingerprint density at radius 3 is 2.29 bits per heavy atom. The quantitative estimate of drug-likeness (QED) is 0.134. The number of fused-ring (bicyclic) bond motifs is 1. The van der Waals surface area contributed by atoms with E-state index in [9.17, 15) is 0 Å². The highest BCUT2D eigenvalue weighted by atomic mass is 14.9. The monoisotopic (exact) mass is 562 g/mol. The molecule has 0 aromatic heterocycles. The molecule has 0 radical (unpaired) electrons. The van der Waals surface area contributed by atoms with E-state index in [2.05, 4.69) is 157 Å². The predicted molar refractivity (Wildman–Crippen MR) is 189 cm³/mol. The molecule has 0 unspecified atom stereocenters. The van der Waals surface area contributed by atoms with E-state index in [4.69, 9.17) is 0 Å². The molecule has 0 bridgehead atoms. The molecule has 0 saturated carbocycles. The maximum absolute atomic E-state index is 4.62. The molecule has 0 aliphatic rings. The summed E-state index contributed by atoms with van der Waals surface area (Å²) in [5.41, 5.74) is 7.11. The summed E-state index contributed by atoms with van der Waals surface area (Å²) in [5.74, 6) is 0. The standard InChI is InChI=1S/C40H54N2/c1-9-12-29-41-36-27-26-33-22-15-17-24-35(33)38(36)39(5,6)28-19-18-25-37(42-30-13-10-2)40(7,8)31(4)34-23-16-14-21-32(34)20-11-3/h11,14-27,41-42H,4,9-10,12-13,28-30H2,1-3,5-8H3/b19-18+,20-11-,37-25+. The average Bonchev–Trinajstić information content (AvgIpc) is 2.98. The molecule has 2 nitrogen and oxygen atoms in total. The van der Waals surface area contributed by atoms with Gasteiger partial charge in [0.15, 0.2) is 0 Å². The van der Waals surface area contributed by atoms with Crippen molar-refractivity contribution in [1.29, 1.82) is 0 Å². The van der Waals surface area contributed by atoms with Gasteiger partial charge in [0, 0.05) is 29.9 Å². The van der Waals surface area contributed by atoms with Gasteiger partial charge in [0.2, 0.25) is 0 Å². The fourth-order valence-corrected chi connectivity index (χ4v) is 5.66. The minimum absolute atomic E-state index is 0.0416. The summed E-state index contributed by atoms with van der Waals surface area (Å²) >= 11 is 0. The van der Waals surface area contributed by atoms with Gasteiger partial charge >= 0.3 is 0 Å². The number of rotatable bonds is 16. The first kappa shape index (κ1) is 33.0. The van der Waals surface area contributed by atoms with Gasteiger partial charge in [-0.1, -0.05) is 140 Å². The molecule has 0 saturated heterocycles. The molecule has 224 valence electrons. The summed E-state index contributed by atoms with van der Waals surface area (Å²) in [6.45, 7) is 22.4. The third-order valence-corrected chi connectivity index (χ3v) is 8.38. The molecule has 3 aromatic rings. The first-order valence-corrected chi connectivity index (χ1v) is 16.0. The van der Waals surface area contributed by atoms with Crippen LogP contribution in [0, 0.1) is 5.41 Å². The van der Waals surface area contributed by atoms with Crippen LogP contribution in [0.5, 0.6) is 0 Å². The largest absolute Gasteiger partial charge is 0.388 e.